The van der Waals surface area contributed by atoms with Gasteiger partial charge >= 0.3 is 0 Å². The SMILES string of the molecule is CCC(=O)Nc1cccc(C(=O)NCc2ncc[nH]2)c1. The number of benzene rings is 1. The van der Waals surface area contributed by atoms with E-state index in [4.69, 9.17) is 0 Å². The van der Waals surface area contributed by atoms with Crippen LogP contribution in [-0.4, -0.2) is 21.8 Å². The number of aromatic amines is 1. The van der Waals surface area contributed by atoms with Crippen LogP contribution in [-0.2, 0) is 11.3 Å². The maximum Gasteiger partial charge on any atom is 0.251 e. The van der Waals surface area contributed by atoms with Crippen LogP contribution in [0.15, 0.2) is 36.7 Å². The monoisotopic (exact) mass is 272 g/mol. The topological polar surface area (TPSA) is 86.9 Å². The summed E-state index contributed by atoms with van der Waals surface area (Å²) in [5.74, 6) is 0.390. The van der Waals surface area contributed by atoms with E-state index in [0.717, 1.165) is 0 Å². The Morgan fingerprint density at radius 1 is 1.35 bits per heavy atom. The Morgan fingerprint density at radius 3 is 2.90 bits per heavy atom. The van der Waals surface area contributed by atoms with Gasteiger partial charge in [0.15, 0.2) is 0 Å². The molecule has 104 valence electrons. The molecule has 0 atom stereocenters. The van der Waals surface area contributed by atoms with Gasteiger partial charge in [0, 0.05) is 30.1 Å². The fourth-order valence-corrected chi connectivity index (χ4v) is 1.65. The fraction of sp³-hybridized carbons (Fsp3) is 0.214. The Balaban J connectivity index is 1.98. The first-order valence-electron chi connectivity index (χ1n) is 6.35. The fourth-order valence-electron chi connectivity index (χ4n) is 1.65. The van der Waals surface area contributed by atoms with Crippen LogP contribution in [0.5, 0.6) is 0 Å². The Morgan fingerprint density at radius 2 is 2.20 bits per heavy atom. The Labute approximate surface area is 116 Å². The molecule has 0 bridgehead atoms. The molecule has 0 aliphatic carbocycles. The van der Waals surface area contributed by atoms with Gasteiger partial charge in [-0.15, -0.1) is 0 Å². The molecule has 0 saturated carbocycles. The minimum Gasteiger partial charge on any atom is -0.347 e. The van der Waals surface area contributed by atoms with Crippen molar-refractivity contribution in [3.8, 4) is 0 Å². The van der Waals surface area contributed by atoms with Crippen LogP contribution < -0.4 is 10.6 Å². The largest absolute Gasteiger partial charge is 0.347 e. The van der Waals surface area contributed by atoms with Gasteiger partial charge in [-0.05, 0) is 18.2 Å². The van der Waals surface area contributed by atoms with Gasteiger partial charge in [-0.25, -0.2) is 4.98 Å². The summed E-state index contributed by atoms with van der Waals surface area (Å²) >= 11 is 0. The van der Waals surface area contributed by atoms with Crippen LogP contribution in [0.4, 0.5) is 5.69 Å². The summed E-state index contributed by atoms with van der Waals surface area (Å²) in [4.78, 5) is 30.2. The van der Waals surface area contributed by atoms with Gasteiger partial charge < -0.3 is 15.6 Å². The summed E-state index contributed by atoms with van der Waals surface area (Å²) in [6.45, 7) is 2.10. The van der Waals surface area contributed by atoms with E-state index in [1.807, 2.05) is 0 Å². The minimum atomic E-state index is -0.214. The lowest BCUT2D eigenvalue weighted by Gasteiger charge is -2.07. The maximum atomic E-state index is 12.0. The zero-order chi connectivity index (χ0) is 14.4. The molecule has 0 saturated heterocycles. The average molecular weight is 272 g/mol. The van der Waals surface area contributed by atoms with Gasteiger partial charge in [-0.2, -0.15) is 0 Å². The molecule has 6 heteroatoms. The number of amides is 2. The first-order chi connectivity index (χ1) is 9.69. The van der Waals surface area contributed by atoms with Crippen LogP contribution >= 0.6 is 0 Å². The number of carbonyl (C=O) groups is 2. The van der Waals surface area contributed by atoms with E-state index in [2.05, 4.69) is 20.6 Å². The van der Waals surface area contributed by atoms with Crippen molar-refractivity contribution in [3.05, 3.63) is 48.0 Å². The lowest BCUT2D eigenvalue weighted by Crippen LogP contribution is -2.23. The second-order valence-corrected chi connectivity index (χ2v) is 4.20. The van der Waals surface area contributed by atoms with Crippen LogP contribution in [0.1, 0.15) is 29.5 Å². The van der Waals surface area contributed by atoms with Gasteiger partial charge in [0.05, 0.1) is 6.54 Å². The van der Waals surface area contributed by atoms with Crippen LogP contribution in [0, 0.1) is 0 Å². The molecule has 2 rings (SSSR count). The summed E-state index contributed by atoms with van der Waals surface area (Å²) in [6.07, 6.45) is 3.72. The Kier molecular flexibility index (Phi) is 4.49. The highest BCUT2D eigenvalue weighted by Crippen LogP contribution is 2.11. The highest BCUT2D eigenvalue weighted by atomic mass is 16.2. The number of hydrogen-bond acceptors (Lipinski definition) is 3. The minimum absolute atomic E-state index is 0.0851. The van der Waals surface area contributed by atoms with Crippen LogP contribution in [0.25, 0.3) is 0 Å². The van der Waals surface area contributed by atoms with E-state index in [9.17, 15) is 9.59 Å². The highest BCUT2D eigenvalue weighted by molar-refractivity contribution is 5.97. The van der Waals surface area contributed by atoms with E-state index in [0.29, 0.717) is 30.0 Å². The molecule has 1 aromatic heterocycles. The molecular formula is C14H16N4O2. The first kappa shape index (κ1) is 13.8. The van der Waals surface area contributed by atoms with E-state index < -0.39 is 0 Å². The van der Waals surface area contributed by atoms with Crippen molar-refractivity contribution < 1.29 is 9.59 Å². The van der Waals surface area contributed by atoms with E-state index in [1.165, 1.54) is 0 Å². The third-order valence-electron chi connectivity index (χ3n) is 2.70. The summed E-state index contributed by atoms with van der Waals surface area (Å²) in [5, 5.41) is 5.47. The predicted octanol–water partition coefficient (Wildman–Crippen LogP) is 1.69. The number of imidazole rings is 1. The summed E-state index contributed by atoms with van der Waals surface area (Å²) < 4.78 is 0. The molecule has 6 nitrogen and oxygen atoms in total. The summed E-state index contributed by atoms with van der Waals surface area (Å²) in [5.41, 5.74) is 1.10. The number of hydrogen-bond donors (Lipinski definition) is 3. The molecule has 0 unspecified atom stereocenters. The van der Waals surface area contributed by atoms with E-state index in [1.54, 1.807) is 43.6 Å². The maximum absolute atomic E-state index is 12.0. The molecule has 2 aromatic rings. The van der Waals surface area contributed by atoms with Crippen molar-refractivity contribution >= 4 is 17.5 Å². The number of rotatable bonds is 5. The number of anilines is 1. The van der Waals surface area contributed by atoms with E-state index in [-0.39, 0.29) is 11.8 Å². The van der Waals surface area contributed by atoms with Crippen molar-refractivity contribution in [2.24, 2.45) is 0 Å². The van der Waals surface area contributed by atoms with Crippen LogP contribution in [0.2, 0.25) is 0 Å². The molecule has 0 fully saturated rings. The van der Waals surface area contributed by atoms with Gasteiger partial charge in [0.2, 0.25) is 5.91 Å². The molecule has 0 radical (unpaired) electrons. The number of H-pyrrole nitrogens is 1. The smallest absolute Gasteiger partial charge is 0.251 e. The lowest BCUT2D eigenvalue weighted by molar-refractivity contribution is -0.115. The molecule has 20 heavy (non-hydrogen) atoms. The zero-order valence-corrected chi connectivity index (χ0v) is 11.1. The third-order valence-corrected chi connectivity index (χ3v) is 2.70. The highest BCUT2D eigenvalue weighted by Gasteiger charge is 2.07. The standard InChI is InChI=1S/C14H16N4O2/c1-2-13(19)18-11-5-3-4-10(8-11)14(20)17-9-12-15-6-7-16-12/h3-8H,2,9H2,1H3,(H,15,16)(H,17,20)(H,18,19). The van der Waals surface area contributed by atoms with Crippen molar-refractivity contribution in [2.75, 3.05) is 5.32 Å². The first-order valence-corrected chi connectivity index (χ1v) is 6.35. The lowest BCUT2D eigenvalue weighted by atomic mass is 10.2. The second-order valence-electron chi connectivity index (χ2n) is 4.20. The predicted molar refractivity (Wildman–Crippen MR) is 75.1 cm³/mol. The van der Waals surface area contributed by atoms with Gasteiger partial charge in [-0.3, -0.25) is 9.59 Å². The van der Waals surface area contributed by atoms with Gasteiger partial charge in [0.25, 0.3) is 5.91 Å². The molecule has 3 N–H and O–H groups in total. The average Bonchev–Trinajstić information content (AvgIpc) is 2.98. The van der Waals surface area contributed by atoms with Gasteiger partial charge in [-0.1, -0.05) is 13.0 Å². The van der Waals surface area contributed by atoms with Crippen molar-refractivity contribution in [1.82, 2.24) is 15.3 Å². The van der Waals surface area contributed by atoms with Crippen molar-refractivity contribution in [3.63, 3.8) is 0 Å². The number of nitrogens with zero attached hydrogens (tertiary/aromatic N) is 1. The normalized spacial score (nSPS) is 10.1. The van der Waals surface area contributed by atoms with Gasteiger partial charge in [0.1, 0.15) is 5.82 Å². The zero-order valence-electron chi connectivity index (χ0n) is 11.1. The second kappa shape index (κ2) is 6.51. The molecule has 0 aliphatic heterocycles. The molecule has 1 heterocycles. The molecule has 2 amide bonds. The molecule has 0 spiro atoms. The molecular weight excluding hydrogens is 256 g/mol. The summed E-state index contributed by atoms with van der Waals surface area (Å²) in [6, 6.07) is 6.81. The number of nitrogens with one attached hydrogen (secondary N) is 3. The van der Waals surface area contributed by atoms with Crippen molar-refractivity contribution in [2.45, 2.75) is 19.9 Å². The van der Waals surface area contributed by atoms with E-state index >= 15 is 0 Å². The Bertz CT molecular complexity index is 593. The number of carbonyl (C=O) groups excluding carboxylic acids is 2. The molecule has 1 aromatic carbocycles. The summed E-state index contributed by atoms with van der Waals surface area (Å²) in [7, 11) is 0. The van der Waals surface area contributed by atoms with Crippen LogP contribution in [0.3, 0.4) is 0 Å². The number of aromatic nitrogens is 2. The quantitative estimate of drug-likeness (QED) is 0.774. The molecule has 0 aliphatic rings. The van der Waals surface area contributed by atoms with Crippen molar-refractivity contribution in [1.29, 1.82) is 0 Å². The Hall–Kier alpha value is -2.63. The third kappa shape index (κ3) is 3.68.